The molecule has 0 saturated heterocycles. The van der Waals surface area contributed by atoms with Gasteiger partial charge in [0.1, 0.15) is 5.82 Å². The predicted octanol–water partition coefficient (Wildman–Crippen LogP) is 2.75. The van der Waals surface area contributed by atoms with Gasteiger partial charge in [0.25, 0.3) is 0 Å². The minimum Gasteiger partial charge on any atom is -0.466 e. The second-order valence-electron chi connectivity index (χ2n) is 6.94. The van der Waals surface area contributed by atoms with Crippen LogP contribution in [0.5, 0.6) is 0 Å². The van der Waals surface area contributed by atoms with Gasteiger partial charge >= 0.3 is 5.97 Å². The molecule has 3 aliphatic rings. The summed E-state index contributed by atoms with van der Waals surface area (Å²) in [4.78, 5) is 12.4. The molecule has 3 fully saturated rings. The molecule has 3 aliphatic carbocycles. The SMILES string of the molecule is CCOC(=O)C1C2CC(C3CC32)C1NCc1ccc(F)cc1. The van der Waals surface area contributed by atoms with Crippen LogP contribution >= 0.6 is 0 Å². The van der Waals surface area contributed by atoms with Gasteiger partial charge in [-0.2, -0.15) is 0 Å². The van der Waals surface area contributed by atoms with Gasteiger partial charge in [0.05, 0.1) is 12.5 Å². The predicted molar refractivity (Wildman–Crippen MR) is 80.3 cm³/mol. The maximum absolute atomic E-state index is 13.0. The van der Waals surface area contributed by atoms with Crippen molar-refractivity contribution in [1.82, 2.24) is 5.32 Å². The first-order valence-electron chi connectivity index (χ1n) is 8.33. The third-order valence-corrected chi connectivity index (χ3v) is 5.86. The highest BCUT2D eigenvalue weighted by molar-refractivity contribution is 5.75. The largest absolute Gasteiger partial charge is 0.466 e. The van der Waals surface area contributed by atoms with E-state index in [4.69, 9.17) is 4.74 Å². The van der Waals surface area contributed by atoms with Gasteiger partial charge in [-0.3, -0.25) is 4.79 Å². The van der Waals surface area contributed by atoms with E-state index in [2.05, 4.69) is 5.32 Å². The Morgan fingerprint density at radius 1 is 1.18 bits per heavy atom. The summed E-state index contributed by atoms with van der Waals surface area (Å²) in [5.41, 5.74) is 1.05. The Balaban J connectivity index is 1.46. The van der Waals surface area contributed by atoms with Crippen molar-refractivity contribution in [2.75, 3.05) is 6.61 Å². The van der Waals surface area contributed by atoms with Crippen LogP contribution in [0.2, 0.25) is 0 Å². The molecule has 0 aromatic heterocycles. The molecule has 0 aliphatic heterocycles. The van der Waals surface area contributed by atoms with E-state index >= 15 is 0 Å². The van der Waals surface area contributed by atoms with Crippen LogP contribution < -0.4 is 5.32 Å². The van der Waals surface area contributed by atoms with E-state index in [9.17, 15) is 9.18 Å². The number of hydrogen-bond acceptors (Lipinski definition) is 3. The molecule has 1 aromatic rings. The summed E-state index contributed by atoms with van der Waals surface area (Å²) in [7, 11) is 0. The summed E-state index contributed by atoms with van der Waals surface area (Å²) in [5.74, 6) is 2.48. The molecule has 0 heterocycles. The van der Waals surface area contributed by atoms with Crippen LogP contribution in [-0.2, 0) is 16.1 Å². The van der Waals surface area contributed by atoms with E-state index in [0.717, 1.165) is 17.4 Å². The van der Waals surface area contributed by atoms with Crippen molar-refractivity contribution < 1.29 is 13.9 Å². The van der Waals surface area contributed by atoms with Gasteiger partial charge in [-0.05, 0) is 61.1 Å². The maximum atomic E-state index is 13.0. The van der Waals surface area contributed by atoms with Crippen LogP contribution in [0.25, 0.3) is 0 Å². The molecule has 0 spiro atoms. The normalized spacial score (nSPS) is 37.9. The van der Waals surface area contributed by atoms with Gasteiger partial charge in [0.15, 0.2) is 0 Å². The monoisotopic (exact) mass is 303 g/mol. The summed E-state index contributed by atoms with van der Waals surface area (Å²) in [6.07, 6.45) is 2.46. The Morgan fingerprint density at radius 2 is 1.86 bits per heavy atom. The lowest BCUT2D eigenvalue weighted by atomic mass is 9.84. The first-order valence-corrected chi connectivity index (χ1v) is 8.33. The standard InChI is InChI=1S/C18H22FNO2/c1-2-22-18(21)16-14-8-15(13-7-12(13)14)17(16)20-9-10-3-5-11(19)6-4-10/h3-6,12-17,20H,2,7-9H2,1H3. The quantitative estimate of drug-likeness (QED) is 0.850. The van der Waals surface area contributed by atoms with Gasteiger partial charge in [0.2, 0.25) is 0 Å². The fourth-order valence-corrected chi connectivity index (χ4v) is 4.92. The number of hydrogen-bond donors (Lipinski definition) is 1. The smallest absolute Gasteiger partial charge is 0.310 e. The molecule has 1 aromatic carbocycles. The molecule has 4 rings (SSSR count). The van der Waals surface area contributed by atoms with Crippen molar-refractivity contribution in [3.05, 3.63) is 35.6 Å². The molecule has 6 atom stereocenters. The summed E-state index contributed by atoms with van der Waals surface area (Å²) < 4.78 is 18.3. The Morgan fingerprint density at radius 3 is 2.59 bits per heavy atom. The highest BCUT2D eigenvalue weighted by Crippen LogP contribution is 2.67. The van der Waals surface area contributed by atoms with Crippen molar-refractivity contribution in [3.63, 3.8) is 0 Å². The zero-order valence-corrected chi connectivity index (χ0v) is 12.8. The van der Waals surface area contributed by atoms with Gasteiger partial charge in [-0.25, -0.2) is 4.39 Å². The average molecular weight is 303 g/mol. The summed E-state index contributed by atoms with van der Waals surface area (Å²) in [6, 6.07) is 6.79. The van der Waals surface area contributed by atoms with E-state index in [1.54, 1.807) is 12.1 Å². The minimum atomic E-state index is -0.214. The Labute approximate surface area is 130 Å². The number of carbonyl (C=O) groups excluding carboxylic acids is 1. The fraction of sp³-hybridized carbons (Fsp3) is 0.611. The van der Waals surface area contributed by atoms with Gasteiger partial charge in [-0.15, -0.1) is 0 Å². The molecule has 0 amide bonds. The van der Waals surface area contributed by atoms with E-state index in [0.29, 0.717) is 25.0 Å². The van der Waals surface area contributed by atoms with Crippen LogP contribution in [-0.4, -0.2) is 18.6 Å². The van der Waals surface area contributed by atoms with Crippen molar-refractivity contribution in [3.8, 4) is 0 Å². The van der Waals surface area contributed by atoms with E-state index in [-0.39, 0.29) is 23.7 Å². The average Bonchev–Trinajstić information content (AvgIpc) is 3.13. The van der Waals surface area contributed by atoms with E-state index in [1.807, 2.05) is 6.92 Å². The molecule has 0 radical (unpaired) electrons. The topological polar surface area (TPSA) is 38.3 Å². The van der Waals surface area contributed by atoms with Crippen LogP contribution in [0, 0.1) is 35.4 Å². The number of rotatable bonds is 5. The molecule has 118 valence electrons. The van der Waals surface area contributed by atoms with Crippen molar-refractivity contribution >= 4 is 5.97 Å². The van der Waals surface area contributed by atoms with Crippen LogP contribution in [0.4, 0.5) is 4.39 Å². The lowest BCUT2D eigenvalue weighted by Crippen LogP contribution is -2.45. The Kier molecular flexibility index (Phi) is 3.44. The summed E-state index contributed by atoms with van der Waals surface area (Å²) >= 11 is 0. The second kappa shape index (κ2) is 5.34. The molecule has 22 heavy (non-hydrogen) atoms. The number of esters is 1. The Hall–Kier alpha value is -1.42. The summed E-state index contributed by atoms with van der Waals surface area (Å²) in [5, 5.41) is 3.57. The van der Waals surface area contributed by atoms with Crippen LogP contribution in [0.1, 0.15) is 25.3 Å². The third-order valence-electron chi connectivity index (χ3n) is 5.86. The number of carbonyl (C=O) groups is 1. The number of fused-ring (bicyclic) bond motifs is 5. The molecule has 3 nitrogen and oxygen atoms in total. The van der Waals surface area contributed by atoms with Crippen molar-refractivity contribution in [2.24, 2.45) is 29.6 Å². The third kappa shape index (κ3) is 2.24. The number of benzene rings is 1. The molecule has 4 heteroatoms. The van der Waals surface area contributed by atoms with Crippen LogP contribution in [0.15, 0.2) is 24.3 Å². The fourth-order valence-electron chi connectivity index (χ4n) is 4.92. The highest BCUT2D eigenvalue weighted by atomic mass is 19.1. The summed E-state index contributed by atoms with van der Waals surface area (Å²) in [6.45, 7) is 3.00. The first-order chi connectivity index (χ1) is 10.7. The van der Waals surface area contributed by atoms with Crippen molar-refractivity contribution in [1.29, 1.82) is 0 Å². The van der Waals surface area contributed by atoms with Gasteiger partial charge < -0.3 is 10.1 Å². The van der Waals surface area contributed by atoms with E-state index in [1.165, 1.54) is 25.0 Å². The molecular weight excluding hydrogens is 281 g/mol. The minimum absolute atomic E-state index is 0.00847. The second-order valence-corrected chi connectivity index (χ2v) is 6.94. The molecule has 2 bridgehead atoms. The number of ether oxygens (including phenoxy) is 1. The first kappa shape index (κ1) is 14.2. The zero-order valence-electron chi connectivity index (χ0n) is 12.8. The van der Waals surface area contributed by atoms with E-state index < -0.39 is 0 Å². The van der Waals surface area contributed by atoms with Crippen LogP contribution in [0.3, 0.4) is 0 Å². The zero-order chi connectivity index (χ0) is 15.3. The Bertz CT molecular complexity index is 573. The number of nitrogens with one attached hydrogen (secondary N) is 1. The molecule has 3 saturated carbocycles. The highest BCUT2D eigenvalue weighted by Gasteiger charge is 2.66. The molecule has 6 unspecified atom stereocenters. The molecular formula is C18H22FNO2. The molecule has 1 N–H and O–H groups in total. The van der Waals surface area contributed by atoms with Gasteiger partial charge in [-0.1, -0.05) is 12.1 Å². The van der Waals surface area contributed by atoms with Gasteiger partial charge in [0, 0.05) is 12.6 Å². The number of halogens is 1. The maximum Gasteiger partial charge on any atom is 0.310 e. The lowest BCUT2D eigenvalue weighted by molar-refractivity contribution is -0.151. The van der Waals surface area contributed by atoms with Crippen molar-refractivity contribution in [2.45, 2.75) is 32.4 Å². The lowest BCUT2D eigenvalue weighted by Gasteiger charge is -2.30.